The van der Waals surface area contributed by atoms with Crippen molar-refractivity contribution >= 4 is 27.7 Å². The lowest BCUT2D eigenvalue weighted by Crippen LogP contribution is -2.31. The molecule has 25 heavy (non-hydrogen) atoms. The monoisotopic (exact) mass is 358 g/mol. The number of carbonyl (C=O) groups excluding carboxylic acids is 1. The zero-order valence-corrected chi connectivity index (χ0v) is 15.1. The van der Waals surface area contributed by atoms with E-state index in [-0.39, 0.29) is 11.9 Å². The fourth-order valence-electron chi connectivity index (χ4n) is 2.03. The van der Waals surface area contributed by atoms with E-state index in [0.29, 0.717) is 11.3 Å². The first-order valence-electron chi connectivity index (χ1n) is 8.06. The van der Waals surface area contributed by atoms with Gasteiger partial charge in [0.2, 0.25) is 0 Å². The van der Waals surface area contributed by atoms with Gasteiger partial charge in [-0.25, -0.2) is 8.42 Å². The second-order valence-electron chi connectivity index (χ2n) is 5.72. The first-order chi connectivity index (χ1) is 11.9. The van der Waals surface area contributed by atoms with E-state index in [4.69, 9.17) is 0 Å². The maximum absolute atomic E-state index is 12.1. The van der Waals surface area contributed by atoms with Crippen molar-refractivity contribution in [3.8, 4) is 0 Å². The number of hydrogen-bond donors (Lipinski definition) is 2. The minimum absolute atomic E-state index is 0.0915. The molecule has 0 bridgehead atoms. The lowest BCUT2D eigenvalue weighted by Gasteiger charge is -2.11. The predicted octanol–water partition coefficient (Wildman–Crippen LogP) is 3.63. The maximum Gasteiger partial charge on any atom is 0.255 e. The molecule has 2 rings (SSSR count). The summed E-state index contributed by atoms with van der Waals surface area (Å²) in [5.74, 6) is -0.173. The first-order valence-corrected chi connectivity index (χ1v) is 9.61. The third-order valence-electron chi connectivity index (χ3n) is 3.64. The molecule has 132 valence electrons. The Labute approximate surface area is 148 Å². The first kappa shape index (κ1) is 18.7. The Morgan fingerprint density at radius 2 is 1.72 bits per heavy atom. The minimum Gasteiger partial charge on any atom is -0.350 e. The fourth-order valence-corrected chi connectivity index (χ4v) is 2.90. The maximum atomic E-state index is 12.1. The van der Waals surface area contributed by atoms with Gasteiger partial charge in [0.1, 0.15) is 0 Å². The van der Waals surface area contributed by atoms with Gasteiger partial charge in [-0.3, -0.25) is 9.52 Å². The molecule has 6 heteroatoms. The lowest BCUT2D eigenvalue weighted by molar-refractivity contribution is 0.0939. The highest BCUT2D eigenvalue weighted by Crippen LogP contribution is 2.13. The number of amides is 1. The largest absolute Gasteiger partial charge is 0.350 e. The average molecular weight is 358 g/mol. The number of anilines is 1. The normalized spacial score (nSPS) is 12.7. The molecular weight excluding hydrogens is 336 g/mol. The highest BCUT2D eigenvalue weighted by Gasteiger charge is 2.10. The number of carbonyl (C=O) groups is 1. The summed E-state index contributed by atoms with van der Waals surface area (Å²) in [6.07, 6.45) is 2.37. The Morgan fingerprint density at radius 3 is 2.32 bits per heavy atom. The van der Waals surface area contributed by atoms with Crippen molar-refractivity contribution in [3.63, 3.8) is 0 Å². The van der Waals surface area contributed by atoms with Gasteiger partial charge in [-0.1, -0.05) is 37.3 Å². The van der Waals surface area contributed by atoms with E-state index in [1.807, 2.05) is 44.2 Å². The predicted molar refractivity (Wildman–Crippen MR) is 102 cm³/mol. The molecule has 0 spiro atoms. The van der Waals surface area contributed by atoms with Crippen molar-refractivity contribution in [1.82, 2.24) is 5.32 Å². The summed E-state index contributed by atoms with van der Waals surface area (Å²) in [5.41, 5.74) is 1.69. The quantitative estimate of drug-likeness (QED) is 0.794. The molecule has 5 nitrogen and oxygen atoms in total. The van der Waals surface area contributed by atoms with Crippen LogP contribution in [0.3, 0.4) is 0 Å². The van der Waals surface area contributed by atoms with Crippen LogP contribution < -0.4 is 10.0 Å². The van der Waals surface area contributed by atoms with Crippen LogP contribution in [0.1, 0.15) is 36.2 Å². The van der Waals surface area contributed by atoms with E-state index < -0.39 is 10.0 Å². The molecule has 1 amide bonds. The molecule has 1 atom stereocenters. The molecule has 0 fully saturated rings. The summed E-state index contributed by atoms with van der Waals surface area (Å²) in [6, 6.07) is 15.6. The van der Waals surface area contributed by atoms with Gasteiger partial charge in [-0.15, -0.1) is 0 Å². The van der Waals surface area contributed by atoms with Crippen LogP contribution in [0.5, 0.6) is 0 Å². The zero-order valence-electron chi connectivity index (χ0n) is 14.3. The van der Waals surface area contributed by atoms with Crippen molar-refractivity contribution in [2.45, 2.75) is 26.3 Å². The van der Waals surface area contributed by atoms with Crippen LogP contribution in [0.4, 0.5) is 5.69 Å². The Balaban J connectivity index is 2.02. The van der Waals surface area contributed by atoms with Crippen LogP contribution in [0.15, 0.2) is 60.0 Å². The van der Waals surface area contributed by atoms with Gasteiger partial charge in [-0.05, 0) is 49.2 Å². The van der Waals surface area contributed by atoms with Crippen LogP contribution in [0.25, 0.3) is 6.08 Å². The summed E-state index contributed by atoms with van der Waals surface area (Å²) < 4.78 is 26.7. The highest BCUT2D eigenvalue weighted by molar-refractivity contribution is 7.95. The molecule has 0 aliphatic carbocycles. The highest BCUT2D eigenvalue weighted by atomic mass is 32.2. The van der Waals surface area contributed by atoms with E-state index in [1.165, 1.54) is 6.08 Å². The van der Waals surface area contributed by atoms with Crippen molar-refractivity contribution in [3.05, 3.63) is 71.1 Å². The fraction of sp³-hybridized carbons (Fsp3) is 0.211. The van der Waals surface area contributed by atoms with Gasteiger partial charge >= 0.3 is 0 Å². The van der Waals surface area contributed by atoms with E-state index in [0.717, 1.165) is 17.4 Å². The van der Waals surface area contributed by atoms with Crippen LogP contribution in [-0.4, -0.2) is 20.4 Å². The Morgan fingerprint density at radius 1 is 1.08 bits per heavy atom. The number of benzene rings is 2. The van der Waals surface area contributed by atoms with Gasteiger partial charge in [0.15, 0.2) is 0 Å². The standard InChI is InChI=1S/C19H22N2O3S/c1-3-15(2)20-19(22)17-9-11-18(12-10-17)21-25(23,24)14-13-16-7-5-4-6-8-16/h4-15,21H,3H2,1-2H3,(H,20,22). The molecule has 0 aliphatic rings. The summed E-state index contributed by atoms with van der Waals surface area (Å²) in [4.78, 5) is 12.0. The van der Waals surface area contributed by atoms with Gasteiger partial charge in [-0.2, -0.15) is 0 Å². The number of hydrogen-bond acceptors (Lipinski definition) is 3. The summed E-state index contributed by atoms with van der Waals surface area (Å²) in [7, 11) is -3.62. The molecule has 2 N–H and O–H groups in total. The second kappa shape index (κ2) is 8.48. The van der Waals surface area contributed by atoms with E-state index in [1.54, 1.807) is 24.3 Å². The number of rotatable bonds is 7. The van der Waals surface area contributed by atoms with Gasteiger partial charge in [0, 0.05) is 17.3 Å². The molecule has 2 aromatic rings. The number of sulfonamides is 1. The van der Waals surface area contributed by atoms with Gasteiger partial charge in [0.05, 0.1) is 5.41 Å². The van der Waals surface area contributed by atoms with Crippen LogP contribution in [0, 0.1) is 0 Å². The molecule has 1 unspecified atom stereocenters. The number of nitrogens with one attached hydrogen (secondary N) is 2. The minimum atomic E-state index is -3.62. The molecule has 0 saturated carbocycles. The molecule has 0 saturated heterocycles. The lowest BCUT2D eigenvalue weighted by atomic mass is 10.1. The molecule has 0 aliphatic heterocycles. The third kappa shape index (κ3) is 6.08. The Hall–Kier alpha value is -2.60. The molecule has 0 heterocycles. The summed E-state index contributed by atoms with van der Waals surface area (Å²) in [5, 5.41) is 3.98. The van der Waals surface area contributed by atoms with Crippen LogP contribution in [0.2, 0.25) is 0 Å². The van der Waals surface area contributed by atoms with Crippen molar-refractivity contribution in [1.29, 1.82) is 0 Å². The zero-order chi connectivity index (χ0) is 18.3. The van der Waals surface area contributed by atoms with E-state index in [9.17, 15) is 13.2 Å². The van der Waals surface area contributed by atoms with Crippen molar-refractivity contribution in [2.24, 2.45) is 0 Å². The third-order valence-corrected chi connectivity index (χ3v) is 4.65. The van der Waals surface area contributed by atoms with Crippen molar-refractivity contribution in [2.75, 3.05) is 4.72 Å². The van der Waals surface area contributed by atoms with Gasteiger partial charge in [0.25, 0.3) is 15.9 Å². The topological polar surface area (TPSA) is 75.3 Å². The Bertz CT molecular complexity index is 829. The Kier molecular flexibility index (Phi) is 6.36. The van der Waals surface area contributed by atoms with Crippen LogP contribution in [-0.2, 0) is 10.0 Å². The average Bonchev–Trinajstić information content (AvgIpc) is 2.61. The van der Waals surface area contributed by atoms with Gasteiger partial charge < -0.3 is 5.32 Å². The van der Waals surface area contributed by atoms with E-state index in [2.05, 4.69) is 10.0 Å². The summed E-state index contributed by atoms with van der Waals surface area (Å²) in [6.45, 7) is 3.92. The van der Waals surface area contributed by atoms with E-state index >= 15 is 0 Å². The molecule has 0 radical (unpaired) electrons. The molecule has 0 aromatic heterocycles. The summed E-state index contributed by atoms with van der Waals surface area (Å²) >= 11 is 0. The second-order valence-corrected chi connectivity index (χ2v) is 7.29. The van der Waals surface area contributed by atoms with Crippen LogP contribution >= 0.6 is 0 Å². The smallest absolute Gasteiger partial charge is 0.255 e. The molecular formula is C19H22N2O3S. The SMILES string of the molecule is CCC(C)NC(=O)c1ccc(NS(=O)(=O)C=Cc2ccccc2)cc1. The molecule has 2 aromatic carbocycles. The van der Waals surface area contributed by atoms with Crippen molar-refractivity contribution < 1.29 is 13.2 Å².